The average molecular weight is 405 g/mol. The molecule has 0 aromatic rings. The smallest absolute Gasteiger partial charge is 0.0759 e. The third kappa shape index (κ3) is 2.31. The van der Waals surface area contributed by atoms with Gasteiger partial charge in [-0.2, -0.15) is 0 Å². The summed E-state index contributed by atoms with van der Waals surface area (Å²) in [6, 6.07) is 0. The normalized spacial score (nSPS) is 63.3. The van der Waals surface area contributed by atoms with Crippen LogP contribution in [0.1, 0.15) is 92.4 Å². The van der Waals surface area contributed by atoms with Gasteiger partial charge in [-0.1, -0.05) is 47.5 Å². The van der Waals surface area contributed by atoms with Crippen LogP contribution in [0, 0.1) is 52.3 Å². The number of aliphatic hydroxyl groups is 3. The Morgan fingerprint density at radius 1 is 0.966 bits per heavy atom. The van der Waals surface area contributed by atoms with Crippen molar-refractivity contribution in [3.8, 4) is 0 Å². The van der Waals surface area contributed by atoms with Gasteiger partial charge in [-0.3, -0.25) is 0 Å². The fourth-order valence-electron chi connectivity index (χ4n) is 10.1. The van der Waals surface area contributed by atoms with Crippen LogP contribution in [0.4, 0.5) is 0 Å². The molecule has 0 heterocycles. The van der Waals surface area contributed by atoms with Crippen LogP contribution in [0.3, 0.4) is 0 Å². The van der Waals surface area contributed by atoms with E-state index in [1.165, 1.54) is 0 Å². The third-order valence-corrected chi connectivity index (χ3v) is 11.9. The van der Waals surface area contributed by atoms with Gasteiger partial charge in [-0.15, -0.1) is 0 Å². The number of hydrogen-bond acceptors (Lipinski definition) is 3. The van der Waals surface area contributed by atoms with Crippen LogP contribution in [0.2, 0.25) is 0 Å². The molecule has 29 heavy (non-hydrogen) atoms. The molecule has 12 atom stereocenters. The van der Waals surface area contributed by atoms with E-state index in [4.69, 9.17) is 0 Å². The molecule has 3 nitrogen and oxygen atoms in total. The van der Waals surface area contributed by atoms with Gasteiger partial charge in [0, 0.05) is 6.42 Å². The van der Waals surface area contributed by atoms with Crippen molar-refractivity contribution in [2.24, 2.45) is 52.3 Å². The number of hydrogen-bond donors (Lipinski definition) is 3. The van der Waals surface area contributed by atoms with E-state index in [1.807, 2.05) is 0 Å². The molecule has 0 aromatic carbocycles. The maximum absolute atomic E-state index is 12.1. The van der Waals surface area contributed by atoms with Crippen LogP contribution in [0.25, 0.3) is 0 Å². The van der Waals surface area contributed by atoms with Gasteiger partial charge in [0.25, 0.3) is 0 Å². The second-order valence-electron chi connectivity index (χ2n) is 12.6. The highest BCUT2D eigenvalue weighted by Crippen LogP contribution is 2.78. The summed E-state index contributed by atoms with van der Waals surface area (Å²) >= 11 is 0. The minimum Gasteiger partial charge on any atom is -0.393 e. The minimum atomic E-state index is -0.670. The molecule has 5 rings (SSSR count). The molecule has 0 aliphatic heterocycles. The predicted molar refractivity (Wildman–Crippen MR) is 115 cm³/mol. The zero-order valence-electron chi connectivity index (χ0n) is 19.3. The van der Waals surface area contributed by atoms with E-state index < -0.39 is 11.2 Å². The Labute approximate surface area is 177 Å². The standard InChI is InChI=1S/C26H44O3/c1-6-7-10-25(28)16(3)15(2)22-21-18-13-20(18)26(29)14-17(27)8-11-23(26,4)19(21)9-12-24(22,25)5/h15-22,27-29H,6-14H2,1-5H3. The zero-order chi connectivity index (χ0) is 21.0. The lowest BCUT2D eigenvalue weighted by Crippen LogP contribution is -2.65. The highest BCUT2D eigenvalue weighted by molar-refractivity contribution is 5.26. The van der Waals surface area contributed by atoms with E-state index in [0.29, 0.717) is 47.8 Å². The van der Waals surface area contributed by atoms with Gasteiger partial charge in [0.2, 0.25) is 0 Å². The monoisotopic (exact) mass is 404 g/mol. The summed E-state index contributed by atoms with van der Waals surface area (Å²) in [6.45, 7) is 11.8. The van der Waals surface area contributed by atoms with Gasteiger partial charge >= 0.3 is 0 Å². The fourth-order valence-corrected chi connectivity index (χ4v) is 10.1. The molecule has 3 N–H and O–H groups in total. The van der Waals surface area contributed by atoms with Crippen LogP contribution in [0.5, 0.6) is 0 Å². The lowest BCUT2D eigenvalue weighted by Gasteiger charge is -2.64. The molecule has 0 amide bonds. The molecule has 0 saturated heterocycles. The van der Waals surface area contributed by atoms with Crippen molar-refractivity contribution in [1.29, 1.82) is 0 Å². The van der Waals surface area contributed by atoms with E-state index in [9.17, 15) is 15.3 Å². The Morgan fingerprint density at radius 2 is 1.66 bits per heavy atom. The van der Waals surface area contributed by atoms with E-state index >= 15 is 0 Å². The molecule has 0 aromatic heterocycles. The molecular weight excluding hydrogens is 360 g/mol. The predicted octanol–water partition coefficient (Wildman–Crippen LogP) is 4.77. The Morgan fingerprint density at radius 3 is 2.34 bits per heavy atom. The first-order valence-corrected chi connectivity index (χ1v) is 12.7. The molecular formula is C26H44O3. The Balaban J connectivity index is 1.54. The summed E-state index contributed by atoms with van der Waals surface area (Å²) in [4.78, 5) is 0. The molecule has 0 spiro atoms. The van der Waals surface area contributed by atoms with Gasteiger partial charge in [-0.05, 0) is 90.8 Å². The number of rotatable bonds is 3. The van der Waals surface area contributed by atoms with Crippen molar-refractivity contribution in [3.05, 3.63) is 0 Å². The van der Waals surface area contributed by atoms with Gasteiger partial charge < -0.3 is 15.3 Å². The van der Waals surface area contributed by atoms with Gasteiger partial charge in [-0.25, -0.2) is 0 Å². The quantitative estimate of drug-likeness (QED) is 0.635. The Kier molecular flexibility index (Phi) is 4.46. The van der Waals surface area contributed by atoms with E-state index in [-0.39, 0.29) is 16.9 Å². The van der Waals surface area contributed by atoms with Crippen molar-refractivity contribution >= 4 is 0 Å². The second kappa shape index (κ2) is 6.23. The highest BCUT2D eigenvalue weighted by Gasteiger charge is 2.77. The van der Waals surface area contributed by atoms with Crippen LogP contribution in [0.15, 0.2) is 0 Å². The molecule has 5 aliphatic rings. The number of aliphatic hydroxyl groups excluding tert-OH is 1. The molecule has 3 heteroatoms. The van der Waals surface area contributed by atoms with Crippen LogP contribution in [-0.2, 0) is 0 Å². The topological polar surface area (TPSA) is 60.7 Å². The summed E-state index contributed by atoms with van der Waals surface area (Å²) in [5, 5.41) is 34.4. The first-order valence-electron chi connectivity index (χ1n) is 12.7. The van der Waals surface area contributed by atoms with Crippen molar-refractivity contribution in [2.75, 3.05) is 0 Å². The molecule has 0 bridgehead atoms. The summed E-state index contributed by atoms with van der Waals surface area (Å²) in [5.41, 5.74) is -1.27. The molecule has 12 unspecified atom stereocenters. The summed E-state index contributed by atoms with van der Waals surface area (Å²) in [7, 11) is 0. The Hall–Kier alpha value is -0.120. The minimum absolute atomic E-state index is 0.00923. The second-order valence-corrected chi connectivity index (χ2v) is 12.6. The first kappa shape index (κ1) is 20.8. The SMILES string of the molecule is CCCCC1(O)C(C)C(C)C2C3C4CC4C4(O)CC(O)CCC4(C)C3CCC21C. The van der Waals surface area contributed by atoms with Gasteiger partial charge in [0.1, 0.15) is 0 Å². The molecule has 5 fully saturated rings. The van der Waals surface area contributed by atoms with Gasteiger partial charge in [0.15, 0.2) is 0 Å². The summed E-state index contributed by atoms with van der Waals surface area (Å²) in [6.07, 6.45) is 8.65. The number of unbranched alkanes of at least 4 members (excludes halogenated alkanes) is 1. The van der Waals surface area contributed by atoms with Crippen molar-refractivity contribution in [2.45, 2.75) is 110 Å². The fraction of sp³-hybridized carbons (Fsp3) is 1.00. The zero-order valence-corrected chi connectivity index (χ0v) is 19.3. The van der Waals surface area contributed by atoms with Crippen LogP contribution in [-0.4, -0.2) is 32.6 Å². The third-order valence-electron chi connectivity index (χ3n) is 11.9. The lowest BCUT2D eigenvalue weighted by atomic mass is 9.42. The van der Waals surface area contributed by atoms with E-state index in [1.54, 1.807) is 0 Å². The average Bonchev–Trinajstić information content (AvgIpc) is 3.46. The van der Waals surface area contributed by atoms with Crippen molar-refractivity contribution in [3.63, 3.8) is 0 Å². The Bertz CT molecular complexity index is 679. The first-order chi connectivity index (χ1) is 13.5. The van der Waals surface area contributed by atoms with E-state index in [2.05, 4.69) is 34.6 Å². The van der Waals surface area contributed by atoms with Gasteiger partial charge in [0.05, 0.1) is 17.3 Å². The lowest BCUT2D eigenvalue weighted by molar-refractivity contribution is -0.235. The molecule has 166 valence electrons. The molecule has 5 saturated carbocycles. The summed E-state index contributed by atoms with van der Waals surface area (Å²) < 4.78 is 0. The molecule has 5 aliphatic carbocycles. The largest absolute Gasteiger partial charge is 0.393 e. The van der Waals surface area contributed by atoms with Crippen LogP contribution < -0.4 is 0 Å². The van der Waals surface area contributed by atoms with E-state index in [0.717, 1.165) is 51.4 Å². The maximum Gasteiger partial charge on any atom is 0.0759 e. The highest BCUT2D eigenvalue weighted by atomic mass is 16.3. The number of fused-ring (bicyclic) bond motifs is 8. The van der Waals surface area contributed by atoms with Crippen molar-refractivity contribution in [1.82, 2.24) is 0 Å². The summed E-state index contributed by atoms with van der Waals surface area (Å²) in [5.74, 6) is 3.63. The molecule has 0 radical (unpaired) electrons. The maximum atomic E-state index is 12.1. The van der Waals surface area contributed by atoms with Crippen molar-refractivity contribution < 1.29 is 15.3 Å². The van der Waals surface area contributed by atoms with Crippen LogP contribution >= 0.6 is 0 Å².